The van der Waals surface area contributed by atoms with Crippen LogP contribution in [0.25, 0.3) is 0 Å². The van der Waals surface area contributed by atoms with E-state index in [1.165, 1.54) is 5.56 Å². The third kappa shape index (κ3) is 2.39. The number of aromatic amines is 3. The highest BCUT2D eigenvalue weighted by Gasteiger charge is 2.33. The minimum absolute atomic E-state index is 0.299. The zero-order valence-electron chi connectivity index (χ0n) is 14.2. The number of rotatable bonds is 2. The zero-order chi connectivity index (χ0) is 17.7. The van der Waals surface area contributed by atoms with Crippen molar-refractivity contribution >= 4 is 11.6 Å². The van der Waals surface area contributed by atoms with Crippen LogP contribution in [-0.4, -0.2) is 20.2 Å². The molecule has 0 spiro atoms. The van der Waals surface area contributed by atoms with Gasteiger partial charge in [-0.2, -0.15) is 5.10 Å². The Morgan fingerprint density at radius 2 is 1.76 bits per heavy atom. The normalized spacial score (nSPS) is 15.6. The maximum atomic E-state index is 12.5. The maximum Gasteiger partial charge on any atom is 0.327 e. The lowest BCUT2D eigenvalue weighted by Crippen LogP contribution is -2.31. The summed E-state index contributed by atoms with van der Waals surface area (Å²) in [6.45, 7) is 6.21. The Morgan fingerprint density at radius 1 is 1.04 bits per heavy atom. The number of benzene rings is 1. The molecule has 128 valence electrons. The van der Waals surface area contributed by atoms with Crippen LogP contribution >= 0.6 is 0 Å². The SMILES string of the molecule is Cc1[nH]nc2c1[C@H](c1ccc(C(C)C)cc1)c1c([nH]c(=O)[nH]c1=O)N2. The number of H-pyrrole nitrogens is 3. The molecule has 7 nitrogen and oxygen atoms in total. The van der Waals surface area contributed by atoms with Crippen molar-refractivity contribution < 1.29 is 0 Å². The first-order valence-electron chi connectivity index (χ1n) is 8.24. The molecule has 0 bridgehead atoms. The minimum atomic E-state index is -0.541. The lowest BCUT2D eigenvalue weighted by molar-refractivity contribution is 0.855. The Kier molecular flexibility index (Phi) is 3.38. The topological polar surface area (TPSA) is 106 Å². The highest BCUT2D eigenvalue weighted by molar-refractivity contribution is 5.71. The van der Waals surface area contributed by atoms with Gasteiger partial charge < -0.3 is 5.32 Å². The molecule has 0 saturated heterocycles. The molecule has 4 rings (SSSR count). The summed E-state index contributed by atoms with van der Waals surface area (Å²) in [7, 11) is 0. The van der Waals surface area contributed by atoms with Gasteiger partial charge in [0.25, 0.3) is 5.56 Å². The third-order valence-corrected chi connectivity index (χ3v) is 4.73. The summed E-state index contributed by atoms with van der Waals surface area (Å²) in [6.07, 6.45) is 0. The second-order valence-corrected chi connectivity index (χ2v) is 6.69. The summed E-state index contributed by atoms with van der Waals surface area (Å²) in [5.41, 5.74) is 3.58. The van der Waals surface area contributed by atoms with Gasteiger partial charge in [-0.1, -0.05) is 38.1 Å². The molecular weight excluding hydrogens is 318 g/mol. The summed E-state index contributed by atoms with van der Waals surface area (Å²) >= 11 is 0. The van der Waals surface area contributed by atoms with Gasteiger partial charge >= 0.3 is 5.69 Å². The van der Waals surface area contributed by atoms with Crippen LogP contribution in [0.3, 0.4) is 0 Å². The van der Waals surface area contributed by atoms with Crippen LogP contribution < -0.4 is 16.6 Å². The van der Waals surface area contributed by atoms with Crippen LogP contribution in [0.1, 0.15) is 53.6 Å². The fourth-order valence-corrected chi connectivity index (χ4v) is 3.43. The van der Waals surface area contributed by atoms with Gasteiger partial charge in [-0.3, -0.25) is 19.9 Å². The van der Waals surface area contributed by atoms with Crippen molar-refractivity contribution in [1.29, 1.82) is 0 Å². The molecule has 1 aromatic carbocycles. The molecule has 0 radical (unpaired) electrons. The van der Waals surface area contributed by atoms with Gasteiger partial charge in [-0.05, 0) is 24.0 Å². The van der Waals surface area contributed by atoms with Gasteiger partial charge in [0.2, 0.25) is 0 Å². The number of aryl methyl sites for hydroxylation is 1. The first-order chi connectivity index (χ1) is 12.0. The predicted molar refractivity (Wildman–Crippen MR) is 95.8 cm³/mol. The lowest BCUT2D eigenvalue weighted by atomic mass is 9.83. The molecule has 1 aliphatic rings. The molecule has 1 atom stereocenters. The Hall–Kier alpha value is -3.09. The Balaban J connectivity index is 1.96. The summed E-state index contributed by atoms with van der Waals surface area (Å²) < 4.78 is 0. The largest absolute Gasteiger partial charge is 0.327 e. The summed E-state index contributed by atoms with van der Waals surface area (Å²) in [4.78, 5) is 29.2. The Bertz CT molecular complexity index is 1060. The number of aromatic nitrogens is 4. The van der Waals surface area contributed by atoms with E-state index in [1.54, 1.807) is 0 Å². The van der Waals surface area contributed by atoms with Gasteiger partial charge in [0.05, 0.1) is 5.56 Å². The monoisotopic (exact) mass is 337 g/mol. The first kappa shape index (κ1) is 15.4. The molecule has 0 saturated carbocycles. The molecule has 25 heavy (non-hydrogen) atoms. The van der Waals surface area contributed by atoms with Crippen molar-refractivity contribution in [3.05, 3.63) is 73.1 Å². The molecule has 1 aliphatic heterocycles. The summed E-state index contributed by atoms with van der Waals surface area (Å²) in [5.74, 6) is 1.15. The smallest absolute Gasteiger partial charge is 0.324 e. The van der Waals surface area contributed by atoms with Crippen molar-refractivity contribution in [2.24, 2.45) is 0 Å². The Morgan fingerprint density at radius 3 is 2.44 bits per heavy atom. The highest BCUT2D eigenvalue weighted by Crippen LogP contribution is 2.42. The first-order valence-corrected chi connectivity index (χ1v) is 8.24. The number of hydrogen-bond donors (Lipinski definition) is 4. The van der Waals surface area contributed by atoms with Crippen LogP contribution in [0.15, 0.2) is 33.9 Å². The third-order valence-electron chi connectivity index (χ3n) is 4.73. The number of anilines is 2. The van der Waals surface area contributed by atoms with Crippen molar-refractivity contribution in [2.75, 3.05) is 5.32 Å². The Labute approximate surface area is 143 Å². The molecule has 3 heterocycles. The average Bonchev–Trinajstić information content (AvgIpc) is 2.93. The van der Waals surface area contributed by atoms with Crippen molar-refractivity contribution in [1.82, 2.24) is 20.2 Å². The fourth-order valence-electron chi connectivity index (χ4n) is 3.43. The molecule has 0 aliphatic carbocycles. The van der Waals surface area contributed by atoms with E-state index in [-0.39, 0.29) is 5.92 Å². The lowest BCUT2D eigenvalue weighted by Gasteiger charge is -2.26. The number of hydrogen-bond acceptors (Lipinski definition) is 4. The van der Waals surface area contributed by atoms with Crippen molar-refractivity contribution in [3.8, 4) is 0 Å². The van der Waals surface area contributed by atoms with Crippen LogP contribution in [0.5, 0.6) is 0 Å². The molecule has 0 fully saturated rings. The van der Waals surface area contributed by atoms with E-state index in [4.69, 9.17) is 0 Å². The van der Waals surface area contributed by atoms with E-state index in [1.807, 2.05) is 19.1 Å². The maximum absolute atomic E-state index is 12.5. The quantitative estimate of drug-likeness (QED) is 0.451. The fraction of sp³-hybridized carbons (Fsp3) is 0.278. The van der Waals surface area contributed by atoms with E-state index < -0.39 is 11.2 Å². The molecule has 3 aromatic rings. The average molecular weight is 337 g/mol. The van der Waals surface area contributed by atoms with E-state index in [0.717, 1.165) is 16.8 Å². The zero-order valence-corrected chi connectivity index (χ0v) is 14.2. The second-order valence-electron chi connectivity index (χ2n) is 6.69. The van der Waals surface area contributed by atoms with E-state index in [9.17, 15) is 9.59 Å². The number of nitrogens with zero attached hydrogens (tertiary/aromatic N) is 1. The summed E-state index contributed by atoms with van der Waals surface area (Å²) in [6, 6.07) is 8.24. The minimum Gasteiger partial charge on any atom is -0.324 e. The van der Waals surface area contributed by atoms with Crippen LogP contribution in [0.2, 0.25) is 0 Å². The highest BCUT2D eigenvalue weighted by atomic mass is 16.2. The van der Waals surface area contributed by atoms with Gasteiger partial charge in [0.15, 0.2) is 5.82 Å². The van der Waals surface area contributed by atoms with E-state index >= 15 is 0 Å². The van der Waals surface area contributed by atoms with Crippen LogP contribution in [-0.2, 0) is 0 Å². The van der Waals surface area contributed by atoms with Crippen LogP contribution in [0, 0.1) is 6.92 Å². The van der Waals surface area contributed by atoms with E-state index in [0.29, 0.717) is 23.1 Å². The van der Waals surface area contributed by atoms with E-state index in [2.05, 4.69) is 51.5 Å². The molecule has 0 amide bonds. The van der Waals surface area contributed by atoms with Gasteiger partial charge in [0, 0.05) is 17.2 Å². The molecule has 0 unspecified atom stereocenters. The van der Waals surface area contributed by atoms with Gasteiger partial charge in [-0.15, -0.1) is 0 Å². The van der Waals surface area contributed by atoms with Crippen molar-refractivity contribution in [3.63, 3.8) is 0 Å². The second kappa shape index (κ2) is 5.47. The molecule has 2 aromatic heterocycles. The van der Waals surface area contributed by atoms with Gasteiger partial charge in [0.1, 0.15) is 5.82 Å². The molecular formula is C18H19N5O2. The number of fused-ring (bicyclic) bond motifs is 2. The van der Waals surface area contributed by atoms with Crippen LogP contribution in [0.4, 0.5) is 11.6 Å². The summed E-state index contributed by atoms with van der Waals surface area (Å²) in [5, 5.41) is 10.3. The number of nitrogens with one attached hydrogen (secondary N) is 4. The standard InChI is InChI=1S/C18H19N5O2/c1-8(2)10-4-6-11(7-5-10)13-12-9(3)22-23-16(12)19-15-14(13)17(24)21-18(25)20-15/h4-8,13H,1-3H3,(H4,19,20,21,22,23,24,25)/t13-/m0/s1. The van der Waals surface area contributed by atoms with Crippen molar-refractivity contribution in [2.45, 2.75) is 32.6 Å². The molecule has 4 N–H and O–H groups in total. The predicted octanol–water partition coefficient (Wildman–Crippen LogP) is 2.46. The van der Waals surface area contributed by atoms with Gasteiger partial charge in [-0.25, -0.2) is 4.79 Å². The molecule has 7 heteroatoms.